The molecule has 1 saturated heterocycles. The van der Waals surface area contributed by atoms with Crippen molar-refractivity contribution < 1.29 is 17.6 Å². The molecular weight excluding hydrogens is 449 g/mol. The molecule has 2 heterocycles. The molecule has 3 aromatic rings. The maximum atomic E-state index is 13.1. The first kappa shape index (κ1) is 22.6. The summed E-state index contributed by atoms with van der Waals surface area (Å²) in [5.74, 6) is -0.0743. The summed E-state index contributed by atoms with van der Waals surface area (Å²) in [4.78, 5) is 17.2. The van der Waals surface area contributed by atoms with Crippen LogP contribution in [0, 0.1) is 17.7 Å². The Morgan fingerprint density at radius 1 is 1.06 bits per heavy atom. The molecule has 1 N–H and O–H groups in total. The number of piperidine rings is 1. The Morgan fingerprint density at radius 2 is 1.69 bits per heavy atom. The molecule has 4 rings (SSSR count). The summed E-state index contributed by atoms with van der Waals surface area (Å²) in [6, 6.07) is 11.9. The molecule has 0 saturated carbocycles. The zero-order valence-corrected chi connectivity index (χ0v) is 19.4. The molecule has 1 fully saturated rings. The Hall–Kier alpha value is -2.62. The van der Waals surface area contributed by atoms with Crippen LogP contribution in [0.25, 0.3) is 11.3 Å². The molecule has 0 radical (unpaired) electrons. The third-order valence-electron chi connectivity index (χ3n) is 5.45. The summed E-state index contributed by atoms with van der Waals surface area (Å²) in [6.45, 7) is 5.14. The number of thiazole rings is 1. The average molecular weight is 474 g/mol. The van der Waals surface area contributed by atoms with Crippen LogP contribution < -0.4 is 5.32 Å². The van der Waals surface area contributed by atoms with Gasteiger partial charge in [0, 0.05) is 29.6 Å². The summed E-state index contributed by atoms with van der Waals surface area (Å²) in [7, 11) is -3.59. The first-order valence-electron chi connectivity index (χ1n) is 10.4. The maximum absolute atomic E-state index is 13.1. The van der Waals surface area contributed by atoms with Gasteiger partial charge in [-0.05, 0) is 66.8 Å². The predicted octanol–water partition coefficient (Wildman–Crippen LogP) is 4.87. The minimum Gasteiger partial charge on any atom is -0.298 e. The number of sulfonamides is 1. The second kappa shape index (κ2) is 9.09. The van der Waals surface area contributed by atoms with Crippen LogP contribution in [0.4, 0.5) is 9.52 Å². The highest BCUT2D eigenvalue weighted by molar-refractivity contribution is 7.89. The fraction of sp³-hybridized carbons (Fsp3) is 0.304. The fourth-order valence-corrected chi connectivity index (χ4v) is 6.38. The number of aromatic nitrogens is 1. The van der Waals surface area contributed by atoms with Crippen molar-refractivity contribution >= 4 is 32.4 Å². The van der Waals surface area contributed by atoms with Crippen LogP contribution >= 0.6 is 11.3 Å². The van der Waals surface area contributed by atoms with E-state index in [1.807, 2.05) is 0 Å². The van der Waals surface area contributed by atoms with Gasteiger partial charge in [0.25, 0.3) is 5.91 Å². The van der Waals surface area contributed by atoms with Gasteiger partial charge in [0.2, 0.25) is 10.0 Å². The van der Waals surface area contributed by atoms with Crippen molar-refractivity contribution in [3.8, 4) is 11.3 Å². The minimum atomic E-state index is -3.59. The Kier molecular flexibility index (Phi) is 6.41. The third kappa shape index (κ3) is 4.90. The number of halogens is 1. The number of hydrogen-bond donors (Lipinski definition) is 1. The molecule has 32 heavy (non-hydrogen) atoms. The molecule has 1 aromatic heterocycles. The van der Waals surface area contributed by atoms with Crippen molar-refractivity contribution in [1.29, 1.82) is 0 Å². The molecule has 2 atom stereocenters. The van der Waals surface area contributed by atoms with E-state index in [9.17, 15) is 17.6 Å². The van der Waals surface area contributed by atoms with Crippen LogP contribution in [0.5, 0.6) is 0 Å². The van der Waals surface area contributed by atoms with Crippen molar-refractivity contribution in [2.24, 2.45) is 11.8 Å². The molecule has 9 heteroatoms. The maximum Gasteiger partial charge on any atom is 0.257 e. The highest BCUT2D eigenvalue weighted by Crippen LogP contribution is 2.28. The monoisotopic (exact) mass is 473 g/mol. The topological polar surface area (TPSA) is 79.4 Å². The number of carbonyl (C=O) groups excluding carboxylic acids is 1. The van der Waals surface area contributed by atoms with E-state index in [4.69, 9.17) is 0 Å². The number of hydrogen-bond acceptors (Lipinski definition) is 5. The lowest BCUT2D eigenvalue weighted by Crippen LogP contribution is -2.42. The number of nitrogens with zero attached hydrogens (tertiary/aromatic N) is 2. The first-order chi connectivity index (χ1) is 15.2. The lowest BCUT2D eigenvalue weighted by molar-refractivity contribution is 0.102. The SMILES string of the molecule is CC1CC(C)CN(S(=O)(=O)c2ccc(C(=O)Nc3nc(-c4ccc(F)cc4)cs3)cc2)C1. The zero-order valence-electron chi connectivity index (χ0n) is 17.8. The summed E-state index contributed by atoms with van der Waals surface area (Å²) in [5.41, 5.74) is 1.72. The Morgan fingerprint density at radius 3 is 2.31 bits per heavy atom. The van der Waals surface area contributed by atoms with E-state index in [2.05, 4.69) is 24.1 Å². The minimum absolute atomic E-state index is 0.184. The zero-order chi connectivity index (χ0) is 22.9. The molecule has 0 spiro atoms. The highest BCUT2D eigenvalue weighted by Gasteiger charge is 2.31. The van der Waals surface area contributed by atoms with Crippen molar-refractivity contribution in [2.45, 2.75) is 25.2 Å². The number of amides is 1. The van der Waals surface area contributed by atoms with Crippen LogP contribution in [0.15, 0.2) is 58.8 Å². The molecule has 0 aliphatic carbocycles. The smallest absolute Gasteiger partial charge is 0.257 e. The summed E-state index contributed by atoms with van der Waals surface area (Å²) in [5, 5.41) is 4.91. The van der Waals surface area contributed by atoms with E-state index in [0.29, 0.717) is 41.3 Å². The molecule has 6 nitrogen and oxygen atoms in total. The van der Waals surface area contributed by atoms with Gasteiger partial charge < -0.3 is 0 Å². The molecular formula is C23H24FN3O3S2. The van der Waals surface area contributed by atoms with E-state index in [-0.39, 0.29) is 16.6 Å². The standard InChI is InChI=1S/C23H24FN3O3S2/c1-15-11-16(2)13-27(12-15)32(29,30)20-9-5-18(6-10-20)22(28)26-23-25-21(14-31-23)17-3-7-19(24)8-4-17/h3-10,14-16H,11-13H2,1-2H3,(H,25,26,28). The predicted molar refractivity (Wildman–Crippen MR) is 124 cm³/mol. The van der Waals surface area contributed by atoms with Crippen molar-refractivity contribution in [3.63, 3.8) is 0 Å². The van der Waals surface area contributed by atoms with Gasteiger partial charge in [0.1, 0.15) is 5.82 Å². The number of carbonyl (C=O) groups is 1. The van der Waals surface area contributed by atoms with E-state index in [1.165, 1.54) is 52.0 Å². The van der Waals surface area contributed by atoms with E-state index in [0.717, 1.165) is 12.0 Å². The average Bonchev–Trinajstić information content (AvgIpc) is 3.22. The van der Waals surface area contributed by atoms with Crippen molar-refractivity contribution in [2.75, 3.05) is 18.4 Å². The van der Waals surface area contributed by atoms with Crippen LogP contribution in [-0.4, -0.2) is 36.7 Å². The van der Waals surface area contributed by atoms with Gasteiger partial charge in [-0.2, -0.15) is 4.31 Å². The Bertz CT molecular complexity index is 1200. The largest absolute Gasteiger partial charge is 0.298 e. The molecule has 1 amide bonds. The van der Waals surface area contributed by atoms with Gasteiger partial charge in [-0.3, -0.25) is 10.1 Å². The second-order valence-electron chi connectivity index (χ2n) is 8.29. The van der Waals surface area contributed by atoms with Crippen LogP contribution in [0.2, 0.25) is 0 Å². The summed E-state index contributed by atoms with van der Waals surface area (Å²) in [6.07, 6.45) is 1.02. The fourth-order valence-electron chi connectivity index (χ4n) is 3.98. The van der Waals surface area contributed by atoms with Crippen molar-refractivity contribution in [3.05, 3.63) is 65.3 Å². The molecule has 2 aromatic carbocycles. The summed E-state index contributed by atoms with van der Waals surface area (Å²) >= 11 is 1.26. The Labute approximate surface area is 191 Å². The highest BCUT2D eigenvalue weighted by atomic mass is 32.2. The number of anilines is 1. The Balaban J connectivity index is 1.45. The second-order valence-corrected chi connectivity index (χ2v) is 11.1. The van der Waals surface area contributed by atoms with E-state index < -0.39 is 10.0 Å². The van der Waals surface area contributed by atoms with Gasteiger partial charge in [-0.1, -0.05) is 13.8 Å². The molecule has 1 aliphatic heterocycles. The lowest BCUT2D eigenvalue weighted by atomic mass is 9.94. The quantitative estimate of drug-likeness (QED) is 0.574. The number of rotatable bonds is 5. The molecule has 2 unspecified atom stereocenters. The number of nitrogens with one attached hydrogen (secondary N) is 1. The van der Waals surface area contributed by atoms with Gasteiger partial charge in [0.05, 0.1) is 10.6 Å². The first-order valence-corrected chi connectivity index (χ1v) is 12.7. The third-order valence-corrected chi connectivity index (χ3v) is 8.06. The molecule has 1 aliphatic rings. The van der Waals surface area contributed by atoms with Crippen molar-refractivity contribution in [1.82, 2.24) is 9.29 Å². The normalized spacial score (nSPS) is 19.6. The van der Waals surface area contributed by atoms with E-state index in [1.54, 1.807) is 17.5 Å². The summed E-state index contributed by atoms with van der Waals surface area (Å²) < 4.78 is 40.6. The number of benzene rings is 2. The van der Waals surface area contributed by atoms with Crippen LogP contribution in [0.3, 0.4) is 0 Å². The van der Waals surface area contributed by atoms with Crippen LogP contribution in [0.1, 0.15) is 30.6 Å². The lowest BCUT2D eigenvalue weighted by Gasteiger charge is -2.34. The van der Waals surface area contributed by atoms with Gasteiger partial charge in [-0.25, -0.2) is 17.8 Å². The molecule has 0 bridgehead atoms. The van der Waals surface area contributed by atoms with Gasteiger partial charge in [-0.15, -0.1) is 11.3 Å². The van der Waals surface area contributed by atoms with Gasteiger partial charge >= 0.3 is 0 Å². The van der Waals surface area contributed by atoms with Gasteiger partial charge in [0.15, 0.2) is 5.13 Å². The van der Waals surface area contributed by atoms with E-state index >= 15 is 0 Å². The van der Waals surface area contributed by atoms with Crippen LogP contribution in [-0.2, 0) is 10.0 Å². The molecule has 168 valence electrons.